The molecule has 0 heterocycles. The van der Waals surface area contributed by atoms with Crippen molar-refractivity contribution in [3.8, 4) is 0 Å². The number of aliphatic carboxylic acids is 2. The van der Waals surface area contributed by atoms with Crippen molar-refractivity contribution in [3.05, 3.63) is 0 Å². The van der Waals surface area contributed by atoms with Crippen LogP contribution in [-0.2, 0) is 19.2 Å². The lowest BCUT2D eigenvalue weighted by Gasteiger charge is -2.15. The average Bonchev–Trinajstić information content (AvgIpc) is 2.68. The van der Waals surface area contributed by atoms with Crippen molar-refractivity contribution < 1.29 is 29.4 Å². The molecule has 0 aliphatic heterocycles. The number of carboxylic acids is 2. The first-order valence-corrected chi connectivity index (χ1v) is 10.8. The zero-order valence-electron chi connectivity index (χ0n) is 18.0. The van der Waals surface area contributed by atoms with E-state index < -0.39 is 18.0 Å². The number of rotatable bonds is 20. The highest BCUT2D eigenvalue weighted by Crippen LogP contribution is 2.12. The monoisotopic (exact) mass is 430 g/mol. The van der Waals surface area contributed by atoms with Crippen LogP contribution in [-0.4, -0.2) is 47.1 Å². The molecule has 0 aromatic heterocycles. The van der Waals surface area contributed by atoms with Gasteiger partial charge in [0, 0.05) is 26.3 Å². The maximum atomic E-state index is 11.8. The van der Waals surface area contributed by atoms with Crippen LogP contribution < -0.4 is 21.7 Å². The normalized spacial score (nSPS) is 11.6. The molecule has 0 aliphatic carbocycles. The van der Waals surface area contributed by atoms with E-state index in [0.717, 1.165) is 64.2 Å². The van der Waals surface area contributed by atoms with E-state index >= 15 is 0 Å². The van der Waals surface area contributed by atoms with E-state index in [0.29, 0.717) is 6.42 Å². The minimum absolute atomic E-state index is 0.0169. The number of unbranched alkanes of at least 4 members (excludes halogenated alkanes) is 9. The van der Waals surface area contributed by atoms with Gasteiger partial charge in [0.2, 0.25) is 11.8 Å². The topological polar surface area (TPSA) is 157 Å². The van der Waals surface area contributed by atoms with Crippen molar-refractivity contribution in [3.63, 3.8) is 0 Å². The smallest absolute Gasteiger partial charge is 0.322 e. The van der Waals surface area contributed by atoms with Crippen molar-refractivity contribution in [1.82, 2.24) is 21.7 Å². The van der Waals surface area contributed by atoms with E-state index in [9.17, 15) is 19.2 Å². The first-order chi connectivity index (χ1) is 14.4. The molecule has 1 atom stereocenters. The van der Waals surface area contributed by atoms with Gasteiger partial charge >= 0.3 is 11.9 Å². The van der Waals surface area contributed by atoms with Gasteiger partial charge in [0.15, 0.2) is 0 Å². The summed E-state index contributed by atoms with van der Waals surface area (Å²) >= 11 is 0. The van der Waals surface area contributed by atoms with Gasteiger partial charge in [0.25, 0.3) is 0 Å². The van der Waals surface area contributed by atoms with Gasteiger partial charge in [0.1, 0.15) is 6.04 Å². The molecule has 6 N–H and O–H groups in total. The number of amides is 2. The van der Waals surface area contributed by atoms with Gasteiger partial charge in [-0.2, -0.15) is 0 Å². The van der Waals surface area contributed by atoms with Crippen LogP contribution in [0.25, 0.3) is 0 Å². The maximum Gasteiger partial charge on any atom is 0.322 e. The minimum atomic E-state index is -1.13. The molecular formula is C20H38N4O6. The highest BCUT2D eigenvalue weighted by molar-refractivity contribution is 5.79. The van der Waals surface area contributed by atoms with Crippen LogP contribution in [0.1, 0.15) is 89.9 Å². The number of hydrogen-bond acceptors (Lipinski definition) is 6. The molecule has 2 amide bonds. The summed E-state index contributed by atoms with van der Waals surface area (Å²) in [5.41, 5.74) is 9.72. The van der Waals surface area contributed by atoms with Crippen molar-refractivity contribution in [2.24, 2.45) is 0 Å². The van der Waals surface area contributed by atoms with Crippen molar-refractivity contribution in [2.45, 2.75) is 95.9 Å². The Morgan fingerprint density at radius 1 is 0.667 bits per heavy atom. The van der Waals surface area contributed by atoms with Gasteiger partial charge in [-0.1, -0.05) is 51.4 Å². The van der Waals surface area contributed by atoms with E-state index in [-0.39, 0.29) is 31.1 Å². The van der Waals surface area contributed by atoms with Gasteiger partial charge in [-0.05, 0) is 19.3 Å². The molecule has 0 bridgehead atoms. The van der Waals surface area contributed by atoms with E-state index in [1.807, 2.05) is 0 Å². The highest BCUT2D eigenvalue weighted by atomic mass is 16.4. The second-order valence-electron chi connectivity index (χ2n) is 7.35. The summed E-state index contributed by atoms with van der Waals surface area (Å²) in [6.07, 6.45) is 10.8. The van der Waals surface area contributed by atoms with E-state index in [4.69, 9.17) is 10.2 Å². The summed E-state index contributed by atoms with van der Waals surface area (Å²) in [6.45, 7) is 0. The predicted molar refractivity (Wildman–Crippen MR) is 112 cm³/mol. The van der Waals surface area contributed by atoms with Crippen LogP contribution in [0.2, 0.25) is 0 Å². The third-order valence-corrected chi connectivity index (χ3v) is 4.65. The molecular weight excluding hydrogens is 392 g/mol. The minimum Gasteiger partial charge on any atom is -0.481 e. The lowest BCUT2D eigenvalue weighted by molar-refractivity contribution is -0.140. The number of nitrogens with one attached hydrogen (secondary N) is 4. The Labute approximate surface area is 178 Å². The Hall–Kier alpha value is -2.20. The molecule has 0 saturated carbocycles. The van der Waals surface area contributed by atoms with E-state index in [1.165, 1.54) is 0 Å². The van der Waals surface area contributed by atoms with Crippen LogP contribution in [0.4, 0.5) is 0 Å². The van der Waals surface area contributed by atoms with Crippen LogP contribution in [0.3, 0.4) is 0 Å². The first kappa shape index (κ1) is 27.8. The fourth-order valence-electron chi connectivity index (χ4n) is 2.94. The molecule has 174 valence electrons. The largest absolute Gasteiger partial charge is 0.481 e. The average molecular weight is 431 g/mol. The van der Waals surface area contributed by atoms with Gasteiger partial charge in [-0.15, -0.1) is 0 Å². The molecule has 0 radical (unpaired) electrons. The van der Waals surface area contributed by atoms with Crippen molar-refractivity contribution >= 4 is 23.8 Å². The van der Waals surface area contributed by atoms with E-state index in [1.54, 1.807) is 7.05 Å². The SMILES string of the molecule is CNNC(=O)CC[C@H](NNC(=O)CCCCCCCCCCCCC(=O)O)C(=O)O. The molecule has 0 rings (SSSR count). The zero-order valence-corrected chi connectivity index (χ0v) is 18.0. The molecule has 10 heteroatoms. The van der Waals surface area contributed by atoms with Crippen LogP contribution >= 0.6 is 0 Å². The molecule has 0 aromatic carbocycles. The molecule has 30 heavy (non-hydrogen) atoms. The Morgan fingerprint density at radius 2 is 1.13 bits per heavy atom. The van der Waals surface area contributed by atoms with Crippen LogP contribution in [0.5, 0.6) is 0 Å². The molecule has 0 fully saturated rings. The number of hydrogen-bond donors (Lipinski definition) is 6. The fourth-order valence-corrected chi connectivity index (χ4v) is 2.94. The summed E-state index contributed by atoms with van der Waals surface area (Å²) in [5, 5.41) is 17.7. The molecule has 10 nitrogen and oxygen atoms in total. The highest BCUT2D eigenvalue weighted by Gasteiger charge is 2.19. The molecule has 0 aliphatic rings. The summed E-state index contributed by atoms with van der Waals surface area (Å²) in [4.78, 5) is 44.8. The van der Waals surface area contributed by atoms with Gasteiger partial charge in [-0.3, -0.25) is 30.0 Å². The maximum absolute atomic E-state index is 11.8. The fraction of sp³-hybridized carbons (Fsp3) is 0.800. The second-order valence-corrected chi connectivity index (χ2v) is 7.35. The predicted octanol–water partition coefficient (Wildman–Crippen LogP) is 1.86. The summed E-state index contributed by atoms with van der Waals surface area (Å²) in [7, 11) is 1.54. The Balaban J connectivity index is 3.62. The van der Waals surface area contributed by atoms with Gasteiger partial charge in [-0.25, -0.2) is 10.9 Å². The third-order valence-electron chi connectivity index (χ3n) is 4.65. The van der Waals surface area contributed by atoms with Gasteiger partial charge < -0.3 is 10.2 Å². The Bertz CT molecular complexity index is 516. The van der Waals surface area contributed by atoms with Crippen molar-refractivity contribution in [1.29, 1.82) is 0 Å². The standard InChI is InChI=1S/C20H38N4O6/c1-21-23-18(26)15-14-16(20(29)30)22-24-17(25)12-10-8-6-4-2-3-5-7-9-11-13-19(27)28/h16,21-22H,2-15H2,1H3,(H,23,26)(H,24,25)(H,27,28)(H,29,30)/t16-/m0/s1. The number of carbonyl (C=O) groups excluding carboxylic acids is 2. The summed E-state index contributed by atoms with van der Waals surface area (Å²) in [6, 6.07) is -1.03. The lowest BCUT2D eigenvalue weighted by Crippen LogP contribution is -2.48. The number of hydrazine groups is 2. The molecule has 0 unspecified atom stereocenters. The van der Waals surface area contributed by atoms with E-state index in [2.05, 4.69) is 21.7 Å². The quantitative estimate of drug-likeness (QED) is 0.126. The lowest BCUT2D eigenvalue weighted by atomic mass is 10.1. The number of carboxylic acid groups (broad SMARTS) is 2. The second kappa shape index (κ2) is 18.8. The van der Waals surface area contributed by atoms with Crippen LogP contribution in [0.15, 0.2) is 0 Å². The van der Waals surface area contributed by atoms with Crippen LogP contribution in [0, 0.1) is 0 Å². The Kier molecular flexibility index (Phi) is 17.4. The Morgan fingerprint density at radius 3 is 1.60 bits per heavy atom. The zero-order chi connectivity index (χ0) is 22.6. The summed E-state index contributed by atoms with van der Waals surface area (Å²) < 4.78 is 0. The molecule has 0 saturated heterocycles. The summed E-state index contributed by atoms with van der Waals surface area (Å²) in [5.74, 6) is -2.44. The van der Waals surface area contributed by atoms with Gasteiger partial charge in [0.05, 0.1) is 0 Å². The number of carbonyl (C=O) groups is 4. The first-order valence-electron chi connectivity index (χ1n) is 10.8. The molecule has 0 aromatic rings. The van der Waals surface area contributed by atoms with Crippen molar-refractivity contribution in [2.75, 3.05) is 7.05 Å². The molecule has 0 spiro atoms. The third kappa shape index (κ3) is 17.9.